The maximum atomic E-state index is 13.5. The molecule has 5 rings (SSSR count). The Morgan fingerprint density at radius 1 is 0.763 bits per heavy atom. The summed E-state index contributed by atoms with van der Waals surface area (Å²) in [6.45, 7) is 1.37. The molecule has 2 amide bonds. The van der Waals surface area contributed by atoms with Crippen LogP contribution in [0.4, 0.5) is 17.1 Å². The molecular formula is C30H25N3O4S. The monoisotopic (exact) mass is 523 g/mol. The van der Waals surface area contributed by atoms with E-state index in [-0.39, 0.29) is 11.7 Å². The van der Waals surface area contributed by atoms with Gasteiger partial charge in [0.2, 0.25) is 15.9 Å². The Bertz CT molecular complexity index is 1630. The van der Waals surface area contributed by atoms with Crippen molar-refractivity contribution in [3.05, 3.63) is 126 Å². The van der Waals surface area contributed by atoms with Gasteiger partial charge in [0, 0.05) is 23.9 Å². The minimum Gasteiger partial charge on any atom is -0.354 e. The zero-order valence-electron chi connectivity index (χ0n) is 20.6. The van der Waals surface area contributed by atoms with E-state index < -0.39 is 15.9 Å². The zero-order valence-corrected chi connectivity index (χ0v) is 21.4. The average molecular weight is 524 g/mol. The lowest BCUT2D eigenvalue weighted by Gasteiger charge is -2.16. The van der Waals surface area contributed by atoms with Crippen LogP contribution < -0.4 is 14.9 Å². The molecule has 0 radical (unpaired) electrons. The maximum absolute atomic E-state index is 13.5. The number of nitrogens with one attached hydrogen (secondary N) is 2. The van der Waals surface area contributed by atoms with Gasteiger partial charge in [-0.3, -0.25) is 14.3 Å². The fourth-order valence-corrected chi connectivity index (χ4v) is 5.63. The van der Waals surface area contributed by atoms with Gasteiger partial charge in [-0.15, -0.1) is 0 Å². The number of carbonyl (C=O) groups is 2. The van der Waals surface area contributed by atoms with Crippen molar-refractivity contribution >= 4 is 50.2 Å². The van der Waals surface area contributed by atoms with Crippen LogP contribution in [0.5, 0.6) is 0 Å². The van der Waals surface area contributed by atoms with Crippen LogP contribution in [-0.2, 0) is 25.4 Å². The number of hydrogen-bond donors (Lipinski definition) is 2. The number of carbonyl (C=O) groups excluding carboxylic acids is 2. The van der Waals surface area contributed by atoms with E-state index in [1.165, 1.54) is 11.8 Å². The van der Waals surface area contributed by atoms with E-state index in [9.17, 15) is 18.0 Å². The van der Waals surface area contributed by atoms with Crippen LogP contribution in [0.2, 0.25) is 0 Å². The molecule has 0 unspecified atom stereocenters. The molecule has 8 heteroatoms. The molecule has 4 aromatic rings. The molecule has 1 aliphatic rings. The summed E-state index contributed by atoms with van der Waals surface area (Å²) in [7, 11) is -3.60. The van der Waals surface area contributed by atoms with Crippen molar-refractivity contribution in [2.75, 3.05) is 14.9 Å². The molecule has 0 saturated carbocycles. The third kappa shape index (κ3) is 5.21. The Hall–Kier alpha value is -4.69. The highest BCUT2D eigenvalue weighted by Gasteiger charge is 2.37. The molecular weight excluding hydrogens is 498 g/mol. The normalized spacial score (nSPS) is 14.1. The summed E-state index contributed by atoms with van der Waals surface area (Å²) in [6.07, 6.45) is 0. The lowest BCUT2D eigenvalue weighted by molar-refractivity contribution is -0.122. The number of imide groups is 1. The van der Waals surface area contributed by atoms with Crippen molar-refractivity contribution in [1.29, 1.82) is 0 Å². The summed E-state index contributed by atoms with van der Waals surface area (Å²) in [5.74, 6) is -0.904. The van der Waals surface area contributed by atoms with Crippen molar-refractivity contribution in [2.45, 2.75) is 12.7 Å². The quantitative estimate of drug-likeness (QED) is 0.312. The number of hydrogen-bond acceptors (Lipinski definition) is 5. The van der Waals surface area contributed by atoms with Crippen molar-refractivity contribution in [3.63, 3.8) is 0 Å². The second-order valence-electron chi connectivity index (χ2n) is 8.84. The highest BCUT2D eigenvalue weighted by molar-refractivity contribution is 7.91. The number of sulfonamides is 1. The summed E-state index contributed by atoms with van der Waals surface area (Å²) in [5, 5.41) is 3.34. The van der Waals surface area contributed by atoms with Crippen molar-refractivity contribution in [1.82, 2.24) is 0 Å². The number of anilines is 3. The Morgan fingerprint density at radius 2 is 1.34 bits per heavy atom. The Labute approximate surface area is 221 Å². The van der Waals surface area contributed by atoms with Crippen LogP contribution >= 0.6 is 0 Å². The molecule has 38 heavy (non-hydrogen) atoms. The topological polar surface area (TPSA) is 95.6 Å². The number of fused-ring (bicyclic) bond motifs is 1. The van der Waals surface area contributed by atoms with Gasteiger partial charge in [-0.05, 0) is 41.5 Å². The standard InChI is InChI=1S/C30H25N3O4S/c1-21(34)33-27-15-9-8-14-26(27)28(30(33)35)29(23-12-6-3-7-13-23)31-24-16-18-25(19-17-24)32-38(36,37)20-22-10-4-2-5-11-22/h2-19,31-32H,20H2,1H3. The molecule has 7 nitrogen and oxygen atoms in total. The molecule has 0 fully saturated rings. The van der Waals surface area contributed by atoms with Crippen LogP contribution in [0.1, 0.15) is 23.6 Å². The summed E-state index contributed by atoms with van der Waals surface area (Å²) in [6, 6.07) is 32.3. The average Bonchev–Trinajstić information content (AvgIpc) is 3.20. The third-order valence-electron chi connectivity index (χ3n) is 6.09. The first-order valence-electron chi connectivity index (χ1n) is 12.0. The van der Waals surface area contributed by atoms with Gasteiger partial charge in [0.05, 0.1) is 22.7 Å². The fourth-order valence-electron chi connectivity index (χ4n) is 4.43. The number of benzene rings is 4. The van der Waals surface area contributed by atoms with Crippen LogP contribution in [0, 0.1) is 0 Å². The first kappa shape index (κ1) is 25.0. The number of para-hydroxylation sites is 1. The third-order valence-corrected chi connectivity index (χ3v) is 7.35. The van der Waals surface area contributed by atoms with E-state index in [2.05, 4.69) is 10.0 Å². The van der Waals surface area contributed by atoms with Gasteiger partial charge in [0.25, 0.3) is 5.91 Å². The summed E-state index contributed by atoms with van der Waals surface area (Å²) in [5.41, 5.74) is 4.66. The molecule has 0 atom stereocenters. The van der Waals surface area contributed by atoms with Crippen molar-refractivity contribution < 1.29 is 18.0 Å². The predicted molar refractivity (Wildman–Crippen MR) is 151 cm³/mol. The Morgan fingerprint density at radius 3 is 2.00 bits per heavy atom. The van der Waals surface area contributed by atoms with Gasteiger partial charge < -0.3 is 5.32 Å². The summed E-state index contributed by atoms with van der Waals surface area (Å²) >= 11 is 0. The van der Waals surface area contributed by atoms with Crippen LogP contribution in [-0.4, -0.2) is 20.2 Å². The second kappa shape index (κ2) is 10.4. The van der Waals surface area contributed by atoms with Crippen LogP contribution in [0.25, 0.3) is 11.3 Å². The molecule has 0 saturated heterocycles. The van der Waals surface area contributed by atoms with Crippen LogP contribution in [0.3, 0.4) is 0 Å². The van der Waals surface area contributed by atoms with E-state index in [4.69, 9.17) is 0 Å². The number of rotatable bonds is 7. The van der Waals surface area contributed by atoms with Gasteiger partial charge >= 0.3 is 0 Å². The fraction of sp³-hybridized carbons (Fsp3) is 0.0667. The van der Waals surface area contributed by atoms with Crippen molar-refractivity contribution in [2.24, 2.45) is 0 Å². The Kier molecular flexibility index (Phi) is 6.81. The minimum absolute atomic E-state index is 0.133. The van der Waals surface area contributed by atoms with Gasteiger partial charge in [-0.2, -0.15) is 0 Å². The van der Waals surface area contributed by atoms with E-state index in [1.54, 1.807) is 60.7 Å². The van der Waals surface area contributed by atoms with Gasteiger partial charge in [0.1, 0.15) is 0 Å². The molecule has 1 aliphatic heterocycles. The molecule has 0 bridgehead atoms. The molecule has 4 aromatic carbocycles. The summed E-state index contributed by atoms with van der Waals surface area (Å²) in [4.78, 5) is 27.0. The summed E-state index contributed by atoms with van der Waals surface area (Å²) < 4.78 is 27.9. The number of amides is 2. The SMILES string of the molecule is CC(=O)N1C(=O)C(=C(Nc2ccc(NS(=O)(=O)Cc3ccccc3)cc2)c2ccccc2)c2ccccc21. The predicted octanol–water partition coefficient (Wildman–Crippen LogP) is 5.50. The zero-order chi connectivity index (χ0) is 26.7. The van der Waals surface area contributed by atoms with E-state index in [1.807, 2.05) is 48.5 Å². The molecule has 2 N–H and O–H groups in total. The maximum Gasteiger partial charge on any atom is 0.267 e. The molecule has 1 heterocycles. The highest BCUT2D eigenvalue weighted by Crippen LogP contribution is 2.41. The van der Waals surface area contributed by atoms with Gasteiger partial charge in [-0.1, -0.05) is 78.9 Å². The smallest absolute Gasteiger partial charge is 0.267 e. The molecule has 190 valence electrons. The number of nitrogens with zero attached hydrogens (tertiary/aromatic N) is 1. The van der Waals surface area contributed by atoms with E-state index in [0.29, 0.717) is 39.5 Å². The van der Waals surface area contributed by atoms with Crippen molar-refractivity contribution in [3.8, 4) is 0 Å². The molecule has 0 aliphatic carbocycles. The minimum atomic E-state index is -3.60. The Balaban J connectivity index is 1.47. The van der Waals surface area contributed by atoms with Crippen LogP contribution in [0.15, 0.2) is 109 Å². The first-order chi connectivity index (χ1) is 18.3. The van der Waals surface area contributed by atoms with E-state index in [0.717, 1.165) is 5.56 Å². The van der Waals surface area contributed by atoms with E-state index >= 15 is 0 Å². The molecule has 0 aromatic heterocycles. The van der Waals surface area contributed by atoms with Gasteiger partial charge in [-0.25, -0.2) is 13.3 Å². The largest absolute Gasteiger partial charge is 0.354 e. The lowest BCUT2D eigenvalue weighted by Crippen LogP contribution is -2.31. The first-order valence-corrected chi connectivity index (χ1v) is 13.6. The molecule has 0 spiro atoms. The second-order valence-corrected chi connectivity index (χ2v) is 10.6. The lowest BCUT2D eigenvalue weighted by atomic mass is 10.00. The highest BCUT2D eigenvalue weighted by atomic mass is 32.2. The van der Waals surface area contributed by atoms with Gasteiger partial charge in [0.15, 0.2) is 0 Å².